The summed E-state index contributed by atoms with van der Waals surface area (Å²) >= 11 is 0. The van der Waals surface area contributed by atoms with E-state index in [0.29, 0.717) is 59.8 Å². The summed E-state index contributed by atoms with van der Waals surface area (Å²) in [5.41, 5.74) is 5.42. The van der Waals surface area contributed by atoms with E-state index in [-0.39, 0.29) is 88.3 Å². The summed E-state index contributed by atoms with van der Waals surface area (Å²) in [5, 5.41) is 57.5. The summed E-state index contributed by atoms with van der Waals surface area (Å²) in [6.07, 6.45) is 10.9. The van der Waals surface area contributed by atoms with E-state index in [4.69, 9.17) is 28.9 Å². The van der Waals surface area contributed by atoms with Crippen LogP contribution < -0.4 is 9.47 Å². The van der Waals surface area contributed by atoms with Crippen molar-refractivity contribution in [3.05, 3.63) is 163 Å². The molecule has 0 spiro atoms. The summed E-state index contributed by atoms with van der Waals surface area (Å²) in [5.74, 6) is -1.41. The number of amides is 1. The van der Waals surface area contributed by atoms with Crippen LogP contribution in [0.5, 0.6) is 17.2 Å². The number of hydrogen-bond donors (Lipinski definition) is 3. The van der Waals surface area contributed by atoms with Crippen molar-refractivity contribution in [1.29, 1.82) is 0 Å². The van der Waals surface area contributed by atoms with Crippen LogP contribution in [-0.4, -0.2) is 99.7 Å². The Morgan fingerprint density at radius 1 is 0.861 bits per heavy atom. The molecule has 3 N–H and O–H groups in total. The van der Waals surface area contributed by atoms with Gasteiger partial charge in [-0.05, 0) is 140 Å². The molecular weight excluding hydrogens is 925 g/mol. The Bertz CT molecular complexity index is 2620. The van der Waals surface area contributed by atoms with Gasteiger partial charge >= 0.3 is 0 Å². The lowest BCUT2D eigenvalue weighted by Gasteiger charge is -2.60. The first-order valence-corrected chi connectivity index (χ1v) is 24.5. The van der Waals surface area contributed by atoms with Crippen molar-refractivity contribution in [3.63, 3.8) is 0 Å². The molecule has 4 aromatic carbocycles. The van der Waals surface area contributed by atoms with Gasteiger partial charge in [0.1, 0.15) is 29.9 Å². The van der Waals surface area contributed by atoms with Gasteiger partial charge < -0.3 is 44.0 Å². The van der Waals surface area contributed by atoms with E-state index < -0.39 is 33.5 Å². The molecule has 0 saturated heterocycles. The minimum atomic E-state index is -1.61. The van der Waals surface area contributed by atoms with Gasteiger partial charge in [0.15, 0.2) is 0 Å². The van der Waals surface area contributed by atoms with Crippen molar-refractivity contribution in [2.75, 3.05) is 46.2 Å². The van der Waals surface area contributed by atoms with Crippen LogP contribution in [0.1, 0.15) is 78.7 Å². The number of aliphatic hydroxyl groups is 3. The van der Waals surface area contributed by atoms with Gasteiger partial charge in [-0.25, -0.2) is 0 Å². The smallest absolute Gasteiger partial charge is 0.269 e. The fraction of sp³-hybridized carbons (Fsp3) is 0.418. The third-order valence-corrected chi connectivity index (χ3v) is 13.8. The molecule has 7 rings (SSSR count). The molecule has 0 aromatic heterocycles. The Hall–Kier alpha value is -6.76. The second-order valence-electron chi connectivity index (χ2n) is 18.4. The Balaban J connectivity index is 1.43. The Morgan fingerprint density at radius 3 is 2.21 bits per heavy atom. The lowest BCUT2D eigenvalue weighted by Crippen LogP contribution is -2.70. The third-order valence-electron chi connectivity index (χ3n) is 13.8. The van der Waals surface area contributed by atoms with Crippen molar-refractivity contribution in [3.8, 4) is 17.2 Å². The zero-order chi connectivity index (χ0) is 51.2. The van der Waals surface area contributed by atoms with Gasteiger partial charge in [0.2, 0.25) is 11.7 Å². The molecule has 17 heteroatoms. The van der Waals surface area contributed by atoms with E-state index in [1.807, 2.05) is 50.2 Å². The first kappa shape index (κ1) is 53.0. The molecule has 1 amide bonds. The maximum atomic E-state index is 15.0. The highest BCUT2D eigenvalue weighted by molar-refractivity contribution is 6.03. The minimum Gasteiger partial charge on any atom is -0.459 e. The molecule has 6 atom stereocenters. The van der Waals surface area contributed by atoms with Crippen molar-refractivity contribution in [1.82, 2.24) is 4.90 Å². The summed E-state index contributed by atoms with van der Waals surface area (Å²) < 4.78 is 26.9. The molecule has 1 fully saturated rings. The molecule has 0 radical (unpaired) electrons. The predicted octanol–water partition coefficient (Wildman–Crippen LogP) is 9.30. The number of nitrogens with zero attached hydrogens (tertiary/aromatic N) is 4. The molecule has 17 nitrogen and oxygen atoms in total. The highest BCUT2D eigenvalue weighted by Crippen LogP contribution is 2.62. The Kier molecular flexibility index (Phi) is 18.5. The molecule has 382 valence electrons. The second-order valence-corrected chi connectivity index (χ2v) is 18.4. The number of oxime groups is 1. The number of fused-ring (bicyclic) bond motifs is 2. The van der Waals surface area contributed by atoms with Gasteiger partial charge in [-0.15, -0.1) is 6.58 Å². The fourth-order valence-electron chi connectivity index (χ4n) is 10.2. The quantitative estimate of drug-likeness (QED) is 0.0176. The second kappa shape index (κ2) is 25.1. The molecule has 1 saturated carbocycles. The SMILES string of the molecule is C=CCOC12Oc3ccc(Oc4ccc(C)c(C)c4)cc3C3C(CCCCO)C(CCCCO)C=C(C(=NOCc4ccc([N+](=O)[O-])cc4)CC1N(CCOCCO)C(=O)C=Cc1ccc([N+](=O)[O-])cc1)C32. The van der Waals surface area contributed by atoms with E-state index in [9.17, 15) is 35.5 Å². The zero-order valence-electron chi connectivity index (χ0n) is 40.8. The maximum Gasteiger partial charge on any atom is 0.269 e. The molecule has 72 heavy (non-hydrogen) atoms. The summed E-state index contributed by atoms with van der Waals surface area (Å²) in [7, 11) is 0. The number of carbonyl (C=O) groups excluding carboxylic acids is 1. The van der Waals surface area contributed by atoms with E-state index in [0.717, 1.165) is 35.1 Å². The number of rotatable bonds is 26. The number of allylic oxidation sites excluding steroid dienone is 1. The number of unbranched alkanes of at least 4 members (excludes halogenated alkanes) is 2. The molecule has 6 unspecified atom stereocenters. The molecule has 4 aromatic rings. The average Bonchev–Trinajstić information content (AvgIpc) is 3.38. The van der Waals surface area contributed by atoms with Gasteiger partial charge in [0.25, 0.3) is 11.4 Å². The van der Waals surface area contributed by atoms with Crippen LogP contribution in [-0.2, 0) is 25.7 Å². The number of nitro benzene ring substituents is 2. The standard InChI is InChI=1S/C55H64N4O13/c1-4-29-69-55-51(57(25-30-68-31-28-62)52(63)24-16-39-12-17-42(18-13-39)58(64)65)35-49(56-70-36-40-14-19-43(20-15-40)59(66)67)47-33-41(9-5-7-26-60)46(10-6-8-27-61)53(54(47)55)48-34-45(22-23-50(48)72-55)71-44-21-11-37(2)38(3)32-44/h4,11-24,32-34,41,46,51,53-54,60-62H,1,5-10,25-31,35-36H2,2-3H3. The Labute approximate surface area is 419 Å². The number of non-ortho nitro benzene ring substituents is 2. The van der Waals surface area contributed by atoms with Gasteiger partial charge in [-0.1, -0.05) is 36.2 Å². The Morgan fingerprint density at radius 2 is 1.54 bits per heavy atom. The summed E-state index contributed by atoms with van der Waals surface area (Å²) in [6, 6.07) is 22.6. The first-order valence-electron chi connectivity index (χ1n) is 24.5. The minimum absolute atomic E-state index is 0.0172. The molecule has 3 aliphatic rings. The van der Waals surface area contributed by atoms with E-state index in [2.05, 4.69) is 12.7 Å². The fourth-order valence-corrected chi connectivity index (χ4v) is 10.2. The van der Waals surface area contributed by atoms with Crippen molar-refractivity contribution in [2.24, 2.45) is 22.9 Å². The number of benzene rings is 4. The van der Waals surface area contributed by atoms with Gasteiger partial charge in [-0.2, -0.15) is 0 Å². The lowest BCUT2D eigenvalue weighted by molar-refractivity contribution is -0.385. The highest BCUT2D eigenvalue weighted by atomic mass is 16.7. The molecular formula is C55H64N4O13. The van der Waals surface area contributed by atoms with Crippen LogP contribution >= 0.6 is 0 Å². The van der Waals surface area contributed by atoms with Crippen LogP contribution in [0.2, 0.25) is 0 Å². The summed E-state index contributed by atoms with van der Waals surface area (Å²) in [4.78, 5) is 44.7. The van der Waals surface area contributed by atoms with E-state index in [1.54, 1.807) is 41.3 Å². The van der Waals surface area contributed by atoms with Crippen LogP contribution in [0.3, 0.4) is 0 Å². The van der Waals surface area contributed by atoms with Crippen molar-refractivity contribution >= 4 is 29.1 Å². The number of nitro groups is 2. The van der Waals surface area contributed by atoms with Gasteiger partial charge in [0.05, 0.1) is 47.9 Å². The van der Waals surface area contributed by atoms with Crippen LogP contribution in [0.4, 0.5) is 11.4 Å². The molecule has 0 bridgehead atoms. The van der Waals surface area contributed by atoms with E-state index in [1.165, 1.54) is 30.3 Å². The molecule has 1 heterocycles. The van der Waals surface area contributed by atoms with Gasteiger partial charge in [-0.3, -0.25) is 25.0 Å². The number of carbonyl (C=O) groups is 1. The average molecular weight is 989 g/mol. The predicted molar refractivity (Wildman–Crippen MR) is 271 cm³/mol. The topological polar surface area (TPSA) is 226 Å². The number of ether oxygens (including phenoxy) is 4. The van der Waals surface area contributed by atoms with Crippen LogP contribution in [0.25, 0.3) is 6.08 Å². The zero-order valence-corrected chi connectivity index (χ0v) is 40.8. The largest absolute Gasteiger partial charge is 0.459 e. The van der Waals surface area contributed by atoms with Crippen molar-refractivity contribution < 1.29 is 53.7 Å². The van der Waals surface area contributed by atoms with Crippen LogP contribution in [0.15, 0.2) is 120 Å². The van der Waals surface area contributed by atoms with Gasteiger partial charge in [0, 0.05) is 68.0 Å². The lowest BCUT2D eigenvalue weighted by atomic mass is 9.55. The van der Waals surface area contributed by atoms with Crippen molar-refractivity contribution in [2.45, 2.75) is 83.1 Å². The first-order chi connectivity index (χ1) is 34.9. The highest BCUT2D eigenvalue weighted by Gasteiger charge is 2.65. The molecule has 1 aliphatic heterocycles. The summed E-state index contributed by atoms with van der Waals surface area (Å²) in [6.45, 7) is 7.97. The van der Waals surface area contributed by atoms with Crippen LogP contribution in [0, 0.1) is 51.8 Å². The van der Waals surface area contributed by atoms with E-state index >= 15 is 4.79 Å². The number of aryl methyl sites for hydroxylation is 2. The third kappa shape index (κ3) is 12.5. The normalized spacial score (nSPS) is 21.5. The monoisotopic (exact) mass is 988 g/mol. The molecule has 2 aliphatic carbocycles. The maximum absolute atomic E-state index is 15.0. The number of aliphatic hydroxyl groups excluding tert-OH is 3. The number of hydrogen-bond acceptors (Lipinski definition) is 14.